The summed E-state index contributed by atoms with van der Waals surface area (Å²) in [5.74, 6) is 0.487. The standard InChI is InChI=1S/C18H16N4O3/c23-16-9-13(10-19-16)21-18(24)20-12-7-5-11(6-8-12)17-22-14-3-1-2-4-15(14)25-17/h1-8,13H,9-10H2,(H,19,23)(H2,20,21,24)/t13-/m0/s1. The Hall–Kier alpha value is -3.35. The highest BCUT2D eigenvalue weighted by molar-refractivity contribution is 5.90. The Balaban J connectivity index is 1.43. The normalized spacial score (nSPS) is 16.6. The molecule has 7 heteroatoms. The number of amides is 3. The number of aromatic nitrogens is 1. The van der Waals surface area contributed by atoms with Crippen LogP contribution in [0.15, 0.2) is 52.9 Å². The third kappa shape index (κ3) is 3.30. The number of carbonyl (C=O) groups is 2. The van der Waals surface area contributed by atoms with E-state index in [0.717, 1.165) is 16.7 Å². The minimum Gasteiger partial charge on any atom is -0.436 e. The van der Waals surface area contributed by atoms with Crippen LogP contribution in [0.1, 0.15) is 6.42 Å². The van der Waals surface area contributed by atoms with Crippen LogP contribution in [0.5, 0.6) is 0 Å². The van der Waals surface area contributed by atoms with Crippen molar-refractivity contribution in [3.63, 3.8) is 0 Å². The van der Waals surface area contributed by atoms with Crippen molar-refractivity contribution in [2.75, 3.05) is 11.9 Å². The Kier molecular flexibility index (Phi) is 3.81. The van der Waals surface area contributed by atoms with Gasteiger partial charge in [-0.1, -0.05) is 12.1 Å². The largest absolute Gasteiger partial charge is 0.436 e. The SMILES string of the molecule is O=C1C[C@H](NC(=O)Nc2ccc(-c3nc4ccccc4o3)cc2)CN1. The number of anilines is 1. The second-order valence-electron chi connectivity index (χ2n) is 5.87. The quantitative estimate of drug-likeness (QED) is 0.685. The van der Waals surface area contributed by atoms with Crippen molar-refractivity contribution < 1.29 is 14.0 Å². The van der Waals surface area contributed by atoms with Crippen LogP contribution in [0.3, 0.4) is 0 Å². The third-order valence-electron chi connectivity index (χ3n) is 4.00. The molecule has 1 fully saturated rings. The fourth-order valence-corrected chi connectivity index (χ4v) is 2.75. The molecular formula is C18H16N4O3. The zero-order valence-electron chi connectivity index (χ0n) is 13.3. The highest BCUT2D eigenvalue weighted by atomic mass is 16.3. The number of rotatable bonds is 3. The highest BCUT2D eigenvalue weighted by Crippen LogP contribution is 2.25. The van der Waals surface area contributed by atoms with Gasteiger partial charge in [0.15, 0.2) is 5.58 Å². The molecule has 126 valence electrons. The lowest BCUT2D eigenvalue weighted by Gasteiger charge is -2.11. The van der Waals surface area contributed by atoms with Crippen LogP contribution in [-0.4, -0.2) is 29.5 Å². The minimum atomic E-state index is -0.337. The summed E-state index contributed by atoms with van der Waals surface area (Å²) in [6.07, 6.45) is 0.310. The van der Waals surface area contributed by atoms with Gasteiger partial charge < -0.3 is 20.4 Å². The molecule has 3 N–H and O–H groups in total. The van der Waals surface area contributed by atoms with Crippen molar-refractivity contribution in [3.8, 4) is 11.5 Å². The van der Waals surface area contributed by atoms with Gasteiger partial charge in [-0.05, 0) is 36.4 Å². The third-order valence-corrected chi connectivity index (χ3v) is 4.00. The molecule has 0 spiro atoms. The summed E-state index contributed by atoms with van der Waals surface area (Å²) in [5, 5.41) is 8.18. The summed E-state index contributed by atoms with van der Waals surface area (Å²) in [5.41, 5.74) is 3.01. The van der Waals surface area contributed by atoms with Gasteiger partial charge in [0, 0.05) is 24.2 Å². The zero-order valence-corrected chi connectivity index (χ0v) is 13.3. The van der Waals surface area contributed by atoms with Gasteiger partial charge in [0.2, 0.25) is 11.8 Å². The molecule has 25 heavy (non-hydrogen) atoms. The number of oxazole rings is 1. The number of hydrogen-bond acceptors (Lipinski definition) is 4. The summed E-state index contributed by atoms with van der Waals surface area (Å²) in [6.45, 7) is 0.461. The Labute approximate surface area is 143 Å². The molecule has 0 saturated carbocycles. The summed E-state index contributed by atoms with van der Waals surface area (Å²) in [4.78, 5) is 27.5. The molecule has 2 aromatic carbocycles. The van der Waals surface area contributed by atoms with E-state index < -0.39 is 0 Å². The molecule has 2 heterocycles. The van der Waals surface area contributed by atoms with E-state index in [-0.39, 0.29) is 18.0 Å². The maximum absolute atomic E-state index is 12.0. The first-order valence-corrected chi connectivity index (χ1v) is 7.97. The second kappa shape index (κ2) is 6.27. The zero-order chi connectivity index (χ0) is 17.2. The van der Waals surface area contributed by atoms with Gasteiger partial charge in [-0.3, -0.25) is 4.79 Å². The van der Waals surface area contributed by atoms with Gasteiger partial charge in [-0.15, -0.1) is 0 Å². The van der Waals surface area contributed by atoms with Crippen molar-refractivity contribution in [3.05, 3.63) is 48.5 Å². The van der Waals surface area contributed by atoms with Crippen molar-refractivity contribution in [1.29, 1.82) is 0 Å². The van der Waals surface area contributed by atoms with Crippen molar-refractivity contribution in [1.82, 2.24) is 15.6 Å². The van der Waals surface area contributed by atoms with E-state index in [1.165, 1.54) is 0 Å². The molecule has 0 bridgehead atoms. The molecule has 0 radical (unpaired) electrons. The molecule has 1 aromatic heterocycles. The topological polar surface area (TPSA) is 96.3 Å². The Morgan fingerprint density at radius 3 is 2.68 bits per heavy atom. The fraction of sp³-hybridized carbons (Fsp3) is 0.167. The van der Waals surface area contributed by atoms with Gasteiger partial charge in [-0.2, -0.15) is 0 Å². The molecule has 0 unspecified atom stereocenters. The Morgan fingerprint density at radius 1 is 1.16 bits per heavy atom. The number of nitrogens with zero attached hydrogens (tertiary/aromatic N) is 1. The smallest absolute Gasteiger partial charge is 0.319 e. The number of urea groups is 1. The van der Waals surface area contributed by atoms with E-state index in [0.29, 0.717) is 24.5 Å². The minimum absolute atomic E-state index is 0.0482. The summed E-state index contributed by atoms with van der Waals surface area (Å²) < 4.78 is 5.72. The Morgan fingerprint density at radius 2 is 1.96 bits per heavy atom. The van der Waals surface area contributed by atoms with Crippen molar-refractivity contribution in [2.45, 2.75) is 12.5 Å². The first-order valence-electron chi connectivity index (χ1n) is 7.97. The molecule has 3 aromatic rings. The summed E-state index contributed by atoms with van der Waals surface area (Å²) in [7, 11) is 0. The monoisotopic (exact) mass is 336 g/mol. The molecule has 1 aliphatic rings. The predicted octanol–water partition coefficient (Wildman–Crippen LogP) is 2.50. The summed E-state index contributed by atoms with van der Waals surface area (Å²) in [6, 6.07) is 14.3. The van der Waals surface area contributed by atoms with Crippen LogP contribution in [0.25, 0.3) is 22.6 Å². The average molecular weight is 336 g/mol. The van der Waals surface area contributed by atoms with E-state index >= 15 is 0 Å². The van der Waals surface area contributed by atoms with Crippen molar-refractivity contribution in [2.24, 2.45) is 0 Å². The van der Waals surface area contributed by atoms with Gasteiger partial charge >= 0.3 is 6.03 Å². The highest BCUT2D eigenvalue weighted by Gasteiger charge is 2.22. The number of benzene rings is 2. The number of fused-ring (bicyclic) bond motifs is 1. The van der Waals surface area contributed by atoms with Crippen LogP contribution >= 0.6 is 0 Å². The van der Waals surface area contributed by atoms with Gasteiger partial charge in [0.1, 0.15) is 5.52 Å². The predicted molar refractivity (Wildman–Crippen MR) is 93.0 cm³/mol. The van der Waals surface area contributed by atoms with Gasteiger partial charge in [0.25, 0.3) is 0 Å². The molecule has 1 aliphatic heterocycles. The average Bonchev–Trinajstić information content (AvgIpc) is 3.21. The fourth-order valence-electron chi connectivity index (χ4n) is 2.75. The van der Waals surface area contributed by atoms with Crippen LogP contribution in [0, 0.1) is 0 Å². The second-order valence-corrected chi connectivity index (χ2v) is 5.87. The number of hydrogen-bond donors (Lipinski definition) is 3. The first-order chi connectivity index (χ1) is 12.2. The van der Waals surface area contributed by atoms with Gasteiger partial charge in [0.05, 0.1) is 6.04 Å². The lowest BCUT2D eigenvalue weighted by atomic mass is 10.2. The first kappa shape index (κ1) is 15.2. The maximum atomic E-state index is 12.0. The van der Waals surface area contributed by atoms with Crippen LogP contribution in [0.2, 0.25) is 0 Å². The van der Waals surface area contributed by atoms with E-state index in [9.17, 15) is 9.59 Å². The molecule has 1 atom stereocenters. The lowest BCUT2D eigenvalue weighted by molar-refractivity contribution is -0.119. The van der Waals surface area contributed by atoms with Gasteiger partial charge in [-0.25, -0.2) is 9.78 Å². The van der Waals surface area contributed by atoms with Crippen LogP contribution in [0.4, 0.5) is 10.5 Å². The molecule has 4 rings (SSSR count). The molecule has 3 amide bonds. The Bertz CT molecular complexity index is 900. The number of carbonyl (C=O) groups excluding carboxylic acids is 2. The van der Waals surface area contributed by atoms with Crippen LogP contribution < -0.4 is 16.0 Å². The number of para-hydroxylation sites is 2. The summed E-state index contributed by atoms with van der Waals surface area (Å²) >= 11 is 0. The van der Waals surface area contributed by atoms with E-state index in [1.54, 1.807) is 12.1 Å². The van der Waals surface area contributed by atoms with E-state index in [1.807, 2.05) is 36.4 Å². The van der Waals surface area contributed by atoms with E-state index in [2.05, 4.69) is 20.9 Å². The molecule has 0 aliphatic carbocycles. The maximum Gasteiger partial charge on any atom is 0.319 e. The lowest BCUT2D eigenvalue weighted by Crippen LogP contribution is -2.39. The molecule has 1 saturated heterocycles. The molecular weight excluding hydrogens is 320 g/mol. The van der Waals surface area contributed by atoms with Crippen LogP contribution in [-0.2, 0) is 4.79 Å². The van der Waals surface area contributed by atoms with Crippen molar-refractivity contribution >= 4 is 28.7 Å². The number of nitrogens with one attached hydrogen (secondary N) is 3. The van der Waals surface area contributed by atoms with E-state index in [4.69, 9.17) is 4.42 Å². The molecule has 7 nitrogen and oxygen atoms in total.